The Bertz CT molecular complexity index is 716. The first kappa shape index (κ1) is 16.0. The van der Waals surface area contributed by atoms with Gasteiger partial charge >= 0.3 is 0 Å². The van der Waals surface area contributed by atoms with Gasteiger partial charge in [-0.2, -0.15) is 0 Å². The molecule has 1 amide bonds. The predicted octanol–water partition coefficient (Wildman–Crippen LogP) is 3.72. The van der Waals surface area contributed by atoms with Gasteiger partial charge in [-0.05, 0) is 38.0 Å². The largest absolute Gasteiger partial charge is 0.338 e. The number of amides is 1. The zero-order valence-corrected chi connectivity index (χ0v) is 13.8. The number of hydrogen-bond acceptors (Lipinski definition) is 2. The Hall–Kier alpha value is -1.88. The highest BCUT2D eigenvalue weighted by Crippen LogP contribution is 2.28. The van der Waals surface area contributed by atoms with Crippen LogP contribution in [-0.2, 0) is 6.54 Å². The summed E-state index contributed by atoms with van der Waals surface area (Å²) in [7, 11) is 0. The number of carbonyl (C=O) groups excluding carboxylic acids is 1. The zero-order chi connectivity index (χ0) is 16.4. The van der Waals surface area contributed by atoms with Gasteiger partial charge in [-0.15, -0.1) is 0 Å². The van der Waals surface area contributed by atoms with Crippen molar-refractivity contribution in [2.75, 3.05) is 13.1 Å². The van der Waals surface area contributed by atoms with Crippen LogP contribution in [0.3, 0.4) is 0 Å². The molecule has 1 aromatic heterocycles. The first-order chi connectivity index (χ1) is 11.1. The number of benzene rings is 1. The fourth-order valence-corrected chi connectivity index (χ4v) is 3.40. The van der Waals surface area contributed by atoms with Gasteiger partial charge in [-0.3, -0.25) is 4.79 Å². The molecule has 1 aliphatic rings. The minimum absolute atomic E-state index is 0.144. The fraction of sp³-hybridized carbons (Fsp3) is 0.412. The van der Waals surface area contributed by atoms with Crippen LogP contribution in [0.4, 0.5) is 4.39 Å². The first-order valence-corrected chi connectivity index (χ1v) is 8.23. The van der Waals surface area contributed by atoms with Crippen LogP contribution in [0.2, 0.25) is 5.02 Å². The lowest BCUT2D eigenvalue weighted by molar-refractivity contribution is 0.0703. The zero-order valence-electron chi connectivity index (χ0n) is 13.0. The van der Waals surface area contributed by atoms with Crippen LogP contribution in [0.1, 0.15) is 41.9 Å². The summed E-state index contributed by atoms with van der Waals surface area (Å²) in [6.45, 7) is 4.25. The molecule has 1 aliphatic heterocycles. The second kappa shape index (κ2) is 6.71. The molecule has 0 bridgehead atoms. The van der Waals surface area contributed by atoms with E-state index < -0.39 is 5.82 Å². The molecule has 1 atom stereocenters. The van der Waals surface area contributed by atoms with Gasteiger partial charge in [0.2, 0.25) is 0 Å². The molecule has 6 heteroatoms. The number of piperidine rings is 1. The van der Waals surface area contributed by atoms with Crippen LogP contribution < -0.4 is 0 Å². The summed E-state index contributed by atoms with van der Waals surface area (Å²) in [6.07, 6.45) is 5.70. The number of likely N-dealkylation sites (tertiary alicyclic amines) is 1. The minimum Gasteiger partial charge on any atom is -0.338 e. The lowest BCUT2D eigenvalue weighted by Gasteiger charge is -2.33. The van der Waals surface area contributed by atoms with Gasteiger partial charge in [0.05, 0.1) is 10.6 Å². The molecule has 0 saturated carbocycles. The van der Waals surface area contributed by atoms with Crippen molar-refractivity contribution in [2.45, 2.75) is 32.2 Å². The van der Waals surface area contributed by atoms with E-state index in [0.29, 0.717) is 18.7 Å². The maximum Gasteiger partial charge on any atom is 0.255 e. The number of imidazole rings is 1. The Morgan fingerprint density at radius 2 is 2.30 bits per heavy atom. The molecule has 0 radical (unpaired) electrons. The smallest absolute Gasteiger partial charge is 0.255 e. The van der Waals surface area contributed by atoms with Crippen molar-refractivity contribution in [3.05, 3.63) is 52.8 Å². The van der Waals surface area contributed by atoms with Crippen molar-refractivity contribution in [3.8, 4) is 0 Å². The highest BCUT2D eigenvalue weighted by molar-refractivity contribution is 6.33. The van der Waals surface area contributed by atoms with E-state index in [2.05, 4.69) is 16.5 Å². The molecule has 1 saturated heterocycles. The Kier molecular flexibility index (Phi) is 4.66. The molecule has 0 spiro atoms. The Morgan fingerprint density at radius 1 is 1.48 bits per heavy atom. The van der Waals surface area contributed by atoms with E-state index in [1.165, 1.54) is 18.2 Å². The van der Waals surface area contributed by atoms with Crippen LogP contribution in [0.5, 0.6) is 0 Å². The van der Waals surface area contributed by atoms with Crippen molar-refractivity contribution in [2.24, 2.45) is 0 Å². The molecule has 1 aromatic carbocycles. The van der Waals surface area contributed by atoms with E-state index in [-0.39, 0.29) is 16.8 Å². The molecule has 3 rings (SSSR count). The van der Waals surface area contributed by atoms with Crippen molar-refractivity contribution >= 4 is 17.5 Å². The molecule has 122 valence electrons. The van der Waals surface area contributed by atoms with Gasteiger partial charge in [0.15, 0.2) is 0 Å². The third-order valence-corrected chi connectivity index (χ3v) is 4.64. The molecule has 2 aromatic rings. The van der Waals surface area contributed by atoms with Gasteiger partial charge in [0.1, 0.15) is 11.6 Å². The van der Waals surface area contributed by atoms with Crippen LogP contribution in [0.15, 0.2) is 30.6 Å². The van der Waals surface area contributed by atoms with Crippen LogP contribution >= 0.6 is 11.6 Å². The Labute approximate surface area is 139 Å². The summed E-state index contributed by atoms with van der Waals surface area (Å²) in [5.74, 6) is 0.666. The van der Waals surface area contributed by atoms with E-state index in [0.717, 1.165) is 25.2 Å². The summed E-state index contributed by atoms with van der Waals surface area (Å²) in [5.41, 5.74) is 0.354. The normalized spacial score (nSPS) is 18.2. The summed E-state index contributed by atoms with van der Waals surface area (Å²) >= 11 is 6.02. The number of halogens is 2. The van der Waals surface area contributed by atoms with Gasteiger partial charge in [0, 0.05) is 37.9 Å². The maximum atomic E-state index is 13.2. The molecule has 1 unspecified atom stereocenters. The Balaban J connectivity index is 1.79. The van der Waals surface area contributed by atoms with Gasteiger partial charge < -0.3 is 9.47 Å². The highest BCUT2D eigenvalue weighted by Gasteiger charge is 2.28. The first-order valence-electron chi connectivity index (χ1n) is 7.85. The third-order valence-electron chi connectivity index (χ3n) is 4.32. The number of hydrogen-bond donors (Lipinski definition) is 0. The standard InChI is InChI=1S/C17H19ClFN3O/c1-2-21-9-7-20-16(21)12-4-3-8-22(11-12)17(23)14-6-5-13(19)10-15(14)18/h5-7,9-10,12H,2-4,8,11H2,1H3. The molecular formula is C17H19ClFN3O. The molecule has 23 heavy (non-hydrogen) atoms. The molecule has 0 aliphatic carbocycles. The maximum absolute atomic E-state index is 13.2. The average Bonchev–Trinajstić information content (AvgIpc) is 3.03. The lowest BCUT2D eigenvalue weighted by Crippen LogP contribution is -2.39. The number of aryl methyl sites for hydroxylation is 1. The van der Waals surface area contributed by atoms with Crippen LogP contribution in [0, 0.1) is 5.82 Å². The van der Waals surface area contributed by atoms with Gasteiger partial charge in [-0.1, -0.05) is 11.6 Å². The second-order valence-electron chi connectivity index (χ2n) is 5.79. The van der Waals surface area contributed by atoms with Crippen LogP contribution in [-0.4, -0.2) is 33.4 Å². The summed E-state index contributed by atoms with van der Waals surface area (Å²) < 4.78 is 15.3. The lowest BCUT2D eigenvalue weighted by atomic mass is 9.96. The summed E-state index contributed by atoms with van der Waals surface area (Å²) in [6, 6.07) is 3.90. The van der Waals surface area contributed by atoms with E-state index in [4.69, 9.17) is 11.6 Å². The van der Waals surface area contributed by atoms with Crippen molar-refractivity contribution in [1.82, 2.24) is 14.5 Å². The summed E-state index contributed by atoms with van der Waals surface area (Å²) in [4.78, 5) is 18.9. The van der Waals surface area contributed by atoms with Crippen molar-refractivity contribution in [1.29, 1.82) is 0 Å². The number of rotatable bonds is 3. The molecule has 0 N–H and O–H groups in total. The highest BCUT2D eigenvalue weighted by atomic mass is 35.5. The monoisotopic (exact) mass is 335 g/mol. The summed E-state index contributed by atoms with van der Waals surface area (Å²) in [5, 5.41) is 0.159. The van der Waals surface area contributed by atoms with E-state index in [1.807, 2.05) is 6.20 Å². The average molecular weight is 336 g/mol. The Morgan fingerprint density at radius 3 is 3.04 bits per heavy atom. The van der Waals surface area contributed by atoms with E-state index in [1.54, 1.807) is 11.1 Å². The molecule has 4 nitrogen and oxygen atoms in total. The minimum atomic E-state index is -0.437. The van der Waals surface area contributed by atoms with Crippen molar-refractivity contribution < 1.29 is 9.18 Å². The van der Waals surface area contributed by atoms with Gasteiger partial charge in [-0.25, -0.2) is 9.37 Å². The molecule has 1 fully saturated rings. The predicted molar refractivity (Wildman–Crippen MR) is 87.2 cm³/mol. The SMILES string of the molecule is CCn1ccnc1C1CCCN(C(=O)c2ccc(F)cc2Cl)C1. The van der Waals surface area contributed by atoms with E-state index in [9.17, 15) is 9.18 Å². The van der Waals surface area contributed by atoms with Gasteiger partial charge in [0.25, 0.3) is 5.91 Å². The quantitative estimate of drug-likeness (QED) is 0.857. The van der Waals surface area contributed by atoms with Crippen LogP contribution in [0.25, 0.3) is 0 Å². The number of aromatic nitrogens is 2. The third kappa shape index (κ3) is 3.24. The topological polar surface area (TPSA) is 38.1 Å². The molecule has 2 heterocycles. The van der Waals surface area contributed by atoms with E-state index >= 15 is 0 Å². The van der Waals surface area contributed by atoms with Crippen molar-refractivity contribution in [3.63, 3.8) is 0 Å². The fourth-order valence-electron chi connectivity index (χ4n) is 3.15. The molecular weight excluding hydrogens is 317 g/mol. The number of nitrogens with zero attached hydrogens (tertiary/aromatic N) is 3. The second-order valence-corrected chi connectivity index (χ2v) is 6.19. The number of carbonyl (C=O) groups is 1.